The van der Waals surface area contributed by atoms with Gasteiger partial charge < -0.3 is 14.6 Å². The molecule has 3 aromatic rings. The fourth-order valence-electron chi connectivity index (χ4n) is 4.39. The number of hydrogen-bond acceptors (Lipinski definition) is 6. The Morgan fingerprint density at radius 3 is 2.72 bits per heavy atom. The van der Waals surface area contributed by atoms with Gasteiger partial charge in [0.25, 0.3) is 0 Å². The van der Waals surface area contributed by atoms with Crippen molar-refractivity contribution in [3.63, 3.8) is 0 Å². The largest absolute Gasteiger partial charge is 0.489 e. The van der Waals surface area contributed by atoms with Gasteiger partial charge in [0.2, 0.25) is 5.91 Å². The molecule has 1 fully saturated rings. The van der Waals surface area contributed by atoms with Crippen LogP contribution >= 0.6 is 0 Å². The molecule has 32 heavy (non-hydrogen) atoms. The lowest BCUT2D eigenvalue weighted by molar-refractivity contribution is -0.152. The van der Waals surface area contributed by atoms with Gasteiger partial charge in [0, 0.05) is 28.7 Å². The average Bonchev–Trinajstić information content (AvgIpc) is 3.53. The summed E-state index contributed by atoms with van der Waals surface area (Å²) in [4.78, 5) is 16.5. The average molecular weight is 437 g/mol. The quantitative estimate of drug-likeness (QED) is 0.270. The van der Waals surface area contributed by atoms with Crippen LogP contribution in [0.1, 0.15) is 30.2 Å². The summed E-state index contributed by atoms with van der Waals surface area (Å²) in [5.74, 6) is -0.260. The molecule has 1 amide bonds. The van der Waals surface area contributed by atoms with Crippen LogP contribution in [0.2, 0.25) is 0 Å². The number of pyridine rings is 1. The van der Waals surface area contributed by atoms with Gasteiger partial charge >= 0.3 is 0 Å². The first kappa shape index (κ1) is 22.2. The van der Waals surface area contributed by atoms with E-state index in [1.807, 2.05) is 61.5 Å². The second kappa shape index (κ2) is 9.24. The molecule has 3 atom stereocenters. The molecule has 0 bridgehead atoms. The second-order valence-electron chi connectivity index (χ2n) is 8.32. The molecule has 3 N–H and O–H groups in total. The molecule has 0 radical (unpaired) electrons. The van der Waals surface area contributed by atoms with E-state index in [0.717, 1.165) is 33.5 Å². The number of aryl methyl sites for hydroxylation is 1. The van der Waals surface area contributed by atoms with E-state index in [2.05, 4.69) is 4.98 Å². The van der Waals surface area contributed by atoms with Crippen molar-refractivity contribution in [3.05, 3.63) is 71.4 Å². The molecular weight excluding hydrogens is 408 g/mol. The number of carbonyl (C=O) groups excluding carboxylic acids is 1. The summed E-state index contributed by atoms with van der Waals surface area (Å²) in [6.07, 6.45) is -0.164. The van der Waals surface area contributed by atoms with E-state index < -0.39 is 23.5 Å². The molecule has 168 valence electrons. The van der Waals surface area contributed by atoms with Gasteiger partial charge in [0.05, 0.1) is 11.4 Å². The summed E-state index contributed by atoms with van der Waals surface area (Å²) in [7, 11) is 0. The predicted octanol–water partition coefficient (Wildman–Crippen LogP) is 3.53. The summed E-state index contributed by atoms with van der Waals surface area (Å²) in [5.41, 5.74) is 4.88. The van der Waals surface area contributed by atoms with Crippen molar-refractivity contribution in [1.82, 2.24) is 10.5 Å². The first-order valence-corrected chi connectivity index (χ1v) is 10.8. The topological polar surface area (TPSA) is 101 Å². The number of fused-ring (bicyclic) bond motifs is 1. The normalized spacial score (nSPS) is 20.7. The number of amides is 1. The highest BCUT2D eigenvalue weighted by Gasteiger charge is 2.63. The molecule has 1 aliphatic rings. The Labute approximate surface area is 187 Å². The maximum Gasteiger partial charge on any atom is 0.247 e. The summed E-state index contributed by atoms with van der Waals surface area (Å²) in [5, 5.41) is 20.5. The molecule has 1 aliphatic carbocycles. The van der Waals surface area contributed by atoms with Crippen LogP contribution in [-0.2, 0) is 22.6 Å². The van der Waals surface area contributed by atoms with Crippen LogP contribution in [-0.4, -0.2) is 34.1 Å². The maximum absolute atomic E-state index is 11.9. The third-order valence-corrected chi connectivity index (χ3v) is 6.14. The molecule has 1 unspecified atom stereocenters. The maximum atomic E-state index is 11.9. The van der Waals surface area contributed by atoms with Gasteiger partial charge in [0.15, 0.2) is 6.29 Å². The molecule has 2 aromatic carbocycles. The minimum absolute atomic E-state index is 0.340. The van der Waals surface area contributed by atoms with Gasteiger partial charge in [-0.3, -0.25) is 15.0 Å². The van der Waals surface area contributed by atoms with E-state index in [0.29, 0.717) is 26.1 Å². The number of hydroxylamine groups is 1. The Balaban J connectivity index is 1.45. The number of aliphatic hydroxyl groups is 1. The molecule has 4 rings (SSSR count). The van der Waals surface area contributed by atoms with Gasteiger partial charge in [0.1, 0.15) is 12.4 Å². The number of nitrogens with one attached hydrogen (secondary N) is 1. The van der Waals surface area contributed by atoms with Crippen molar-refractivity contribution >= 4 is 16.8 Å². The number of benzene rings is 2. The van der Waals surface area contributed by atoms with Gasteiger partial charge in [-0.1, -0.05) is 30.3 Å². The third kappa shape index (κ3) is 4.46. The van der Waals surface area contributed by atoms with E-state index in [4.69, 9.17) is 14.7 Å². The van der Waals surface area contributed by atoms with Crippen LogP contribution in [0.4, 0.5) is 0 Å². The summed E-state index contributed by atoms with van der Waals surface area (Å²) in [6.45, 7) is 4.53. The zero-order valence-corrected chi connectivity index (χ0v) is 18.2. The van der Waals surface area contributed by atoms with Gasteiger partial charge in [-0.15, -0.1) is 0 Å². The number of carbonyl (C=O) groups is 1. The highest BCUT2D eigenvalue weighted by Crippen LogP contribution is 2.57. The number of rotatable bonds is 9. The van der Waals surface area contributed by atoms with Gasteiger partial charge in [-0.25, -0.2) is 5.48 Å². The van der Waals surface area contributed by atoms with Crippen molar-refractivity contribution in [2.45, 2.75) is 39.6 Å². The first-order chi connectivity index (χ1) is 15.5. The van der Waals surface area contributed by atoms with E-state index in [1.165, 1.54) is 0 Å². The zero-order valence-electron chi connectivity index (χ0n) is 18.2. The van der Waals surface area contributed by atoms with Crippen LogP contribution in [0.5, 0.6) is 5.75 Å². The molecule has 0 aliphatic heterocycles. The van der Waals surface area contributed by atoms with Crippen molar-refractivity contribution in [2.24, 2.45) is 11.3 Å². The van der Waals surface area contributed by atoms with Crippen LogP contribution in [0.25, 0.3) is 10.9 Å². The number of ether oxygens (including phenoxy) is 2. The Kier molecular flexibility index (Phi) is 6.41. The van der Waals surface area contributed by atoms with E-state index in [1.54, 1.807) is 12.4 Å². The standard InChI is InChI=1S/C25H28N2O5/c1-3-31-24(29)25(14-21(25)23(28)27-30)13-17-8-10-19(11-9-17)32-15-18-12-16(2)26-22-7-5-4-6-20(18)22/h4-12,21,24,29-30H,3,13-15H2,1-2H3,(H,27,28)/t21-,24?,25+/m0/s1. The molecule has 7 heteroatoms. The fraction of sp³-hybridized carbons (Fsp3) is 0.360. The Morgan fingerprint density at radius 2 is 2.00 bits per heavy atom. The number of aliphatic hydroxyl groups excluding tert-OH is 1. The smallest absolute Gasteiger partial charge is 0.247 e. The Bertz CT molecular complexity index is 1100. The van der Waals surface area contributed by atoms with Gasteiger partial charge in [-0.2, -0.15) is 0 Å². The van der Waals surface area contributed by atoms with E-state index >= 15 is 0 Å². The minimum atomic E-state index is -1.08. The lowest BCUT2D eigenvalue weighted by atomic mass is 9.92. The van der Waals surface area contributed by atoms with Gasteiger partial charge in [-0.05, 0) is 56.5 Å². The number of aromatic nitrogens is 1. The third-order valence-electron chi connectivity index (χ3n) is 6.14. The van der Waals surface area contributed by atoms with Crippen LogP contribution in [0.15, 0.2) is 54.6 Å². The molecular formula is C25H28N2O5. The monoisotopic (exact) mass is 436 g/mol. The van der Waals surface area contributed by atoms with Crippen LogP contribution in [0.3, 0.4) is 0 Å². The van der Waals surface area contributed by atoms with Crippen molar-refractivity contribution < 1.29 is 24.6 Å². The van der Waals surface area contributed by atoms with Crippen LogP contribution in [0, 0.1) is 18.3 Å². The number of para-hydroxylation sites is 1. The Hall–Kier alpha value is -3.00. The lowest BCUT2D eigenvalue weighted by Gasteiger charge is -2.23. The SMILES string of the molecule is CCOC(O)[C@]1(Cc2ccc(OCc3cc(C)nc4ccccc34)cc2)C[C@H]1C(=O)NO. The number of hydrogen-bond donors (Lipinski definition) is 3. The second-order valence-corrected chi connectivity index (χ2v) is 8.32. The van der Waals surface area contributed by atoms with Crippen molar-refractivity contribution in [3.8, 4) is 5.75 Å². The molecule has 1 aromatic heterocycles. The molecule has 0 spiro atoms. The molecule has 1 heterocycles. The molecule has 1 saturated carbocycles. The van der Waals surface area contributed by atoms with Crippen molar-refractivity contribution in [1.29, 1.82) is 0 Å². The first-order valence-electron chi connectivity index (χ1n) is 10.8. The lowest BCUT2D eigenvalue weighted by Crippen LogP contribution is -2.33. The molecule has 0 saturated heterocycles. The highest BCUT2D eigenvalue weighted by molar-refractivity contribution is 5.82. The Morgan fingerprint density at radius 1 is 1.25 bits per heavy atom. The highest BCUT2D eigenvalue weighted by atomic mass is 16.6. The van der Waals surface area contributed by atoms with E-state index in [9.17, 15) is 9.90 Å². The fourth-order valence-corrected chi connectivity index (χ4v) is 4.39. The van der Waals surface area contributed by atoms with Crippen molar-refractivity contribution in [2.75, 3.05) is 6.61 Å². The summed E-state index contributed by atoms with van der Waals surface area (Å²) in [6, 6.07) is 17.7. The van der Waals surface area contributed by atoms with Crippen LogP contribution < -0.4 is 10.2 Å². The predicted molar refractivity (Wildman–Crippen MR) is 119 cm³/mol. The molecule has 7 nitrogen and oxygen atoms in total. The van der Waals surface area contributed by atoms with E-state index in [-0.39, 0.29) is 0 Å². The summed E-state index contributed by atoms with van der Waals surface area (Å²) < 4.78 is 11.4. The number of nitrogens with zero attached hydrogens (tertiary/aromatic N) is 1. The minimum Gasteiger partial charge on any atom is -0.489 e. The zero-order chi connectivity index (χ0) is 22.7. The summed E-state index contributed by atoms with van der Waals surface area (Å²) >= 11 is 0.